The number of phenolic OH excluding ortho intramolecular Hbond substituents is 1. The van der Waals surface area contributed by atoms with Crippen LogP contribution in [0.5, 0.6) is 5.75 Å². The maximum Gasteiger partial charge on any atom is 0.256 e. The first-order valence-corrected chi connectivity index (χ1v) is 11.3. The standard InChI is InChI=1S/C24H27N3O4S/c1-24(2,3)15-6-4-14(5-7-15)22(30)26-23-18(21(25)29)16-8-9-17(28)19(20(16)32-23)27-10-12-31-13-11-27/h4-9,28H,10-13H2,1-3H3,(H2,25,29)(H,26,30). The average Bonchev–Trinajstić information content (AvgIpc) is 3.11. The fraction of sp³-hybridized carbons (Fsp3) is 0.333. The molecule has 2 heterocycles. The van der Waals surface area contributed by atoms with E-state index >= 15 is 0 Å². The van der Waals surface area contributed by atoms with E-state index < -0.39 is 5.91 Å². The zero-order valence-corrected chi connectivity index (χ0v) is 19.2. The summed E-state index contributed by atoms with van der Waals surface area (Å²) in [7, 11) is 0. The number of nitrogens with two attached hydrogens (primary N) is 1. The lowest BCUT2D eigenvalue weighted by Crippen LogP contribution is -2.36. The predicted molar refractivity (Wildman–Crippen MR) is 128 cm³/mol. The molecule has 0 bridgehead atoms. The summed E-state index contributed by atoms with van der Waals surface area (Å²) in [5.74, 6) is -0.836. The molecule has 1 aliphatic rings. The largest absolute Gasteiger partial charge is 0.506 e. The molecule has 1 aliphatic heterocycles. The maximum absolute atomic E-state index is 12.9. The van der Waals surface area contributed by atoms with Crippen LogP contribution < -0.4 is 16.0 Å². The van der Waals surface area contributed by atoms with Crippen molar-refractivity contribution < 1.29 is 19.4 Å². The summed E-state index contributed by atoms with van der Waals surface area (Å²) >= 11 is 1.24. The molecule has 8 heteroatoms. The molecule has 168 valence electrons. The highest BCUT2D eigenvalue weighted by Crippen LogP contribution is 2.45. The Bertz CT molecular complexity index is 1170. The Balaban J connectivity index is 1.73. The van der Waals surface area contributed by atoms with Gasteiger partial charge in [-0.05, 0) is 35.2 Å². The number of primary amides is 1. The Labute approximate surface area is 190 Å². The van der Waals surface area contributed by atoms with Gasteiger partial charge >= 0.3 is 0 Å². The molecule has 3 aromatic rings. The van der Waals surface area contributed by atoms with Crippen molar-refractivity contribution in [3.05, 3.63) is 53.1 Å². The molecule has 1 aromatic heterocycles. The number of morpholine rings is 1. The van der Waals surface area contributed by atoms with Gasteiger partial charge in [-0.1, -0.05) is 32.9 Å². The third-order valence-electron chi connectivity index (χ3n) is 5.62. The van der Waals surface area contributed by atoms with Crippen LogP contribution in [0.4, 0.5) is 10.7 Å². The van der Waals surface area contributed by atoms with Gasteiger partial charge in [-0.25, -0.2) is 0 Å². The van der Waals surface area contributed by atoms with Gasteiger partial charge in [-0.15, -0.1) is 11.3 Å². The van der Waals surface area contributed by atoms with Crippen LogP contribution in [0.1, 0.15) is 47.1 Å². The first-order valence-electron chi connectivity index (χ1n) is 10.5. The number of hydrogen-bond acceptors (Lipinski definition) is 6. The van der Waals surface area contributed by atoms with Gasteiger partial charge in [0.1, 0.15) is 10.8 Å². The van der Waals surface area contributed by atoms with Crippen molar-refractivity contribution in [3.63, 3.8) is 0 Å². The van der Waals surface area contributed by atoms with Crippen LogP contribution in [0.2, 0.25) is 0 Å². The van der Waals surface area contributed by atoms with E-state index in [2.05, 4.69) is 26.1 Å². The molecule has 0 spiro atoms. The first-order chi connectivity index (χ1) is 15.2. The highest BCUT2D eigenvalue weighted by molar-refractivity contribution is 7.24. The molecule has 0 atom stereocenters. The third kappa shape index (κ3) is 4.16. The Hall–Kier alpha value is -3.10. The molecule has 4 rings (SSSR count). The maximum atomic E-state index is 12.9. The first kappa shape index (κ1) is 22.1. The van der Waals surface area contributed by atoms with E-state index in [-0.39, 0.29) is 22.6 Å². The van der Waals surface area contributed by atoms with E-state index in [4.69, 9.17) is 10.5 Å². The Kier molecular flexibility index (Phi) is 5.83. The SMILES string of the molecule is CC(C)(C)c1ccc(C(=O)Nc2sc3c(N4CCOCC4)c(O)ccc3c2C(N)=O)cc1. The molecule has 32 heavy (non-hydrogen) atoms. The Morgan fingerprint density at radius 3 is 2.34 bits per heavy atom. The second-order valence-electron chi connectivity index (χ2n) is 8.86. The van der Waals surface area contributed by atoms with Crippen molar-refractivity contribution in [3.8, 4) is 5.75 Å². The smallest absolute Gasteiger partial charge is 0.256 e. The van der Waals surface area contributed by atoms with Crippen molar-refractivity contribution in [2.24, 2.45) is 5.73 Å². The lowest BCUT2D eigenvalue weighted by Gasteiger charge is -2.29. The van der Waals surface area contributed by atoms with Crippen LogP contribution in [0.15, 0.2) is 36.4 Å². The van der Waals surface area contributed by atoms with Gasteiger partial charge < -0.3 is 25.8 Å². The average molecular weight is 454 g/mol. The number of rotatable bonds is 4. The van der Waals surface area contributed by atoms with Gasteiger partial charge in [-0.3, -0.25) is 9.59 Å². The highest BCUT2D eigenvalue weighted by Gasteiger charge is 2.25. The number of aromatic hydroxyl groups is 1. The summed E-state index contributed by atoms with van der Waals surface area (Å²) in [6.45, 7) is 8.69. The number of hydrogen-bond donors (Lipinski definition) is 3. The Morgan fingerprint density at radius 2 is 1.75 bits per heavy atom. The molecule has 1 saturated heterocycles. The van der Waals surface area contributed by atoms with Crippen LogP contribution in [0, 0.1) is 0 Å². The van der Waals surface area contributed by atoms with Gasteiger partial charge in [0, 0.05) is 24.0 Å². The van der Waals surface area contributed by atoms with Gasteiger partial charge in [0.25, 0.3) is 11.8 Å². The fourth-order valence-corrected chi connectivity index (χ4v) is 5.13. The van der Waals surface area contributed by atoms with Crippen LogP contribution >= 0.6 is 11.3 Å². The number of nitrogens with zero attached hydrogens (tertiary/aromatic N) is 1. The summed E-state index contributed by atoms with van der Waals surface area (Å²) in [5.41, 5.74) is 8.17. The molecule has 0 unspecified atom stereocenters. The van der Waals surface area contributed by atoms with Crippen molar-refractivity contribution in [1.29, 1.82) is 0 Å². The van der Waals surface area contributed by atoms with E-state index in [0.717, 1.165) is 5.56 Å². The topological polar surface area (TPSA) is 105 Å². The molecule has 4 N–H and O–H groups in total. The number of benzene rings is 2. The molecule has 2 aromatic carbocycles. The fourth-order valence-electron chi connectivity index (χ4n) is 3.86. The number of ether oxygens (including phenoxy) is 1. The van der Waals surface area contributed by atoms with E-state index in [1.807, 2.05) is 17.0 Å². The van der Waals surface area contributed by atoms with E-state index in [9.17, 15) is 14.7 Å². The van der Waals surface area contributed by atoms with Crippen LogP contribution in [0.3, 0.4) is 0 Å². The summed E-state index contributed by atoms with van der Waals surface area (Å²) < 4.78 is 6.13. The number of carbonyl (C=O) groups excluding carboxylic acids is 2. The minimum absolute atomic E-state index is 0.0164. The summed E-state index contributed by atoms with van der Waals surface area (Å²) in [5, 5.41) is 14.4. The molecule has 0 saturated carbocycles. The van der Waals surface area contributed by atoms with Crippen molar-refractivity contribution in [2.75, 3.05) is 36.5 Å². The molecule has 7 nitrogen and oxygen atoms in total. The number of nitrogens with one attached hydrogen (secondary N) is 1. The minimum Gasteiger partial charge on any atom is -0.506 e. The van der Waals surface area contributed by atoms with Crippen molar-refractivity contribution in [1.82, 2.24) is 0 Å². The zero-order valence-electron chi connectivity index (χ0n) is 18.4. The van der Waals surface area contributed by atoms with Crippen LogP contribution in [0.25, 0.3) is 10.1 Å². The van der Waals surface area contributed by atoms with E-state index in [1.54, 1.807) is 24.3 Å². The number of fused-ring (bicyclic) bond motifs is 1. The molecule has 2 amide bonds. The number of thiophene rings is 1. The molecular formula is C24H27N3O4S. The zero-order chi connectivity index (χ0) is 23.0. The monoisotopic (exact) mass is 453 g/mol. The molecule has 0 radical (unpaired) electrons. The van der Waals surface area contributed by atoms with Crippen LogP contribution in [-0.4, -0.2) is 43.2 Å². The van der Waals surface area contributed by atoms with Gasteiger partial charge in [0.15, 0.2) is 0 Å². The number of phenols is 1. The molecule has 1 fully saturated rings. The minimum atomic E-state index is -0.631. The number of carbonyl (C=O) groups is 2. The molecule has 0 aliphatic carbocycles. The lowest BCUT2D eigenvalue weighted by atomic mass is 9.87. The summed E-state index contributed by atoms with van der Waals surface area (Å²) in [4.78, 5) is 27.3. The molecular weight excluding hydrogens is 426 g/mol. The lowest BCUT2D eigenvalue weighted by molar-refractivity contribution is 0.100. The van der Waals surface area contributed by atoms with E-state index in [0.29, 0.717) is 52.6 Å². The van der Waals surface area contributed by atoms with Crippen molar-refractivity contribution >= 4 is 43.9 Å². The quantitative estimate of drug-likeness (QED) is 0.552. The van der Waals surface area contributed by atoms with Gasteiger partial charge in [0.2, 0.25) is 0 Å². The summed E-state index contributed by atoms with van der Waals surface area (Å²) in [6.07, 6.45) is 0. The number of amides is 2. The highest BCUT2D eigenvalue weighted by atomic mass is 32.1. The number of anilines is 2. The second kappa shape index (κ2) is 8.44. The summed E-state index contributed by atoms with van der Waals surface area (Å²) in [6, 6.07) is 10.6. The Morgan fingerprint density at radius 1 is 1.09 bits per heavy atom. The van der Waals surface area contributed by atoms with E-state index in [1.165, 1.54) is 11.3 Å². The predicted octanol–water partition coefficient (Wildman–Crippen LogP) is 4.09. The third-order valence-corrected chi connectivity index (χ3v) is 6.75. The van der Waals surface area contributed by atoms with Crippen LogP contribution in [-0.2, 0) is 10.2 Å². The van der Waals surface area contributed by atoms with Gasteiger partial charge in [0.05, 0.1) is 29.2 Å². The second-order valence-corrected chi connectivity index (χ2v) is 9.88. The van der Waals surface area contributed by atoms with Gasteiger partial charge in [-0.2, -0.15) is 0 Å². The van der Waals surface area contributed by atoms with Crippen molar-refractivity contribution in [2.45, 2.75) is 26.2 Å². The normalized spacial score (nSPS) is 14.5.